The fourth-order valence-electron chi connectivity index (χ4n) is 5.14. The van der Waals surface area contributed by atoms with Gasteiger partial charge in [0.05, 0.1) is 23.0 Å². The molecule has 2 aromatic heterocycles. The molecule has 1 amide bonds. The Labute approximate surface area is 227 Å². The monoisotopic (exact) mass is 521 g/mol. The fourth-order valence-corrected chi connectivity index (χ4v) is 5.14. The highest BCUT2D eigenvalue weighted by Gasteiger charge is 2.33. The first-order chi connectivity index (χ1) is 19.1. The van der Waals surface area contributed by atoms with Crippen molar-refractivity contribution in [2.75, 3.05) is 53.7 Å². The van der Waals surface area contributed by atoms with Gasteiger partial charge in [0, 0.05) is 62.6 Å². The predicted octanol–water partition coefficient (Wildman–Crippen LogP) is 4.72. The van der Waals surface area contributed by atoms with Gasteiger partial charge >= 0.3 is 0 Å². The molecule has 0 spiro atoms. The van der Waals surface area contributed by atoms with E-state index in [2.05, 4.69) is 53.9 Å². The number of carbonyl (C=O) groups is 1. The van der Waals surface area contributed by atoms with Crippen molar-refractivity contribution >= 4 is 40.3 Å². The summed E-state index contributed by atoms with van der Waals surface area (Å²) in [6.45, 7) is 5.32. The molecule has 4 heterocycles. The van der Waals surface area contributed by atoms with Gasteiger partial charge in [-0.15, -0.1) is 0 Å². The maximum absolute atomic E-state index is 12.3. The Morgan fingerprint density at radius 1 is 0.974 bits per heavy atom. The van der Waals surface area contributed by atoms with E-state index in [-0.39, 0.29) is 11.9 Å². The van der Waals surface area contributed by atoms with Crippen LogP contribution in [0.15, 0.2) is 79.1 Å². The summed E-state index contributed by atoms with van der Waals surface area (Å²) >= 11 is 0. The Morgan fingerprint density at radius 2 is 1.85 bits per heavy atom. The first kappa shape index (κ1) is 24.5. The van der Waals surface area contributed by atoms with E-state index in [0.717, 1.165) is 59.5 Å². The molecule has 1 saturated heterocycles. The van der Waals surface area contributed by atoms with Crippen LogP contribution in [0.2, 0.25) is 0 Å². The van der Waals surface area contributed by atoms with Gasteiger partial charge in [0.1, 0.15) is 24.0 Å². The number of benzene rings is 2. The van der Waals surface area contributed by atoms with E-state index >= 15 is 0 Å². The number of pyridine rings is 2. The van der Waals surface area contributed by atoms with E-state index < -0.39 is 0 Å². The van der Waals surface area contributed by atoms with E-state index in [0.29, 0.717) is 18.0 Å². The number of piperazine rings is 1. The molecular formula is C30H31N7O2. The SMILES string of the molecule is CNC(=O)c1ccccc1Nc1cc(Nc2ccc3c(c2)OCC2CN(c4ccccn4)CCN32)ncc1C. The van der Waals surface area contributed by atoms with Gasteiger partial charge in [-0.2, -0.15) is 0 Å². The number of para-hydroxylation sites is 1. The second-order valence-corrected chi connectivity index (χ2v) is 9.73. The number of nitrogens with zero attached hydrogens (tertiary/aromatic N) is 4. The Balaban J connectivity index is 1.17. The Morgan fingerprint density at radius 3 is 2.69 bits per heavy atom. The van der Waals surface area contributed by atoms with Crippen LogP contribution < -0.4 is 30.5 Å². The highest BCUT2D eigenvalue weighted by molar-refractivity contribution is 6.00. The molecule has 1 unspecified atom stereocenters. The van der Waals surface area contributed by atoms with Crippen molar-refractivity contribution in [3.05, 3.63) is 90.3 Å². The number of hydrogen-bond donors (Lipinski definition) is 3. The largest absolute Gasteiger partial charge is 0.489 e. The third kappa shape index (κ3) is 5.03. The summed E-state index contributed by atoms with van der Waals surface area (Å²) in [6, 6.07) is 21.9. The van der Waals surface area contributed by atoms with Gasteiger partial charge in [0.25, 0.3) is 5.91 Å². The molecule has 0 radical (unpaired) electrons. The molecule has 0 aliphatic carbocycles. The zero-order valence-corrected chi connectivity index (χ0v) is 22.0. The third-order valence-corrected chi connectivity index (χ3v) is 7.20. The van der Waals surface area contributed by atoms with E-state index in [1.54, 1.807) is 13.1 Å². The average Bonchev–Trinajstić information content (AvgIpc) is 2.98. The fraction of sp³-hybridized carbons (Fsp3) is 0.233. The summed E-state index contributed by atoms with van der Waals surface area (Å²) in [5.74, 6) is 2.43. The van der Waals surface area contributed by atoms with Gasteiger partial charge in [0.15, 0.2) is 0 Å². The second kappa shape index (κ2) is 10.5. The van der Waals surface area contributed by atoms with Crippen LogP contribution in [0.3, 0.4) is 0 Å². The number of rotatable bonds is 6. The minimum atomic E-state index is -0.141. The van der Waals surface area contributed by atoms with E-state index in [9.17, 15) is 4.79 Å². The first-order valence-corrected chi connectivity index (χ1v) is 13.1. The second-order valence-electron chi connectivity index (χ2n) is 9.73. The molecule has 0 bridgehead atoms. The molecule has 2 aliphatic rings. The number of anilines is 6. The molecule has 6 rings (SSSR count). The number of amides is 1. The van der Waals surface area contributed by atoms with Gasteiger partial charge in [-0.05, 0) is 48.9 Å². The minimum absolute atomic E-state index is 0.141. The van der Waals surface area contributed by atoms with Gasteiger partial charge in [-0.1, -0.05) is 18.2 Å². The van der Waals surface area contributed by atoms with Crippen LogP contribution in [0.25, 0.3) is 0 Å². The number of hydrogen-bond acceptors (Lipinski definition) is 8. The van der Waals surface area contributed by atoms with Crippen LogP contribution in [0.1, 0.15) is 15.9 Å². The molecular weight excluding hydrogens is 490 g/mol. The van der Waals surface area contributed by atoms with Crippen molar-refractivity contribution < 1.29 is 9.53 Å². The molecule has 3 N–H and O–H groups in total. The van der Waals surface area contributed by atoms with Gasteiger partial charge < -0.3 is 30.5 Å². The molecule has 4 aromatic rings. The van der Waals surface area contributed by atoms with Crippen LogP contribution in [0.5, 0.6) is 5.75 Å². The summed E-state index contributed by atoms with van der Waals surface area (Å²) < 4.78 is 6.22. The van der Waals surface area contributed by atoms with Crippen molar-refractivity contribution in [3.63, 3.8) is 0 Å². The molecule has 2 aliphatic heterocycles. The number of fused-ring (bicyclic) bond motifs is 3. The quantitative estimate of drug-likeness (QED) is 0.336. The zero-order valence-electron chi connectivity index (χ0n) is 22.0. The topological polar surface area (TPSA) is 94.6 Å². The maximum Gasteiger partial charge on any atom is 0.253 e. The van der Waals surface area contributed by atoms with Crippen molar-refractivity contribution in [2.24, 2.45) is 0 Å². The standard InChI is InChI=1S/C30H31N7O2/c1-20-17-33-28(16-25(20)35-24-8-4-3-7-23(24)30(38)31-2)34-21-10-11-26-27(15-21)39-19-22-18-36(13-14-37(22)26)29-9-5-6-12-32-29/h3-12,15-17,22H,13-14,18-19H2,1-2H3,(H,31,38)(H2,33,34,35). The van der Waals surface area contributed by atoms with Crippen molar-refractivity contribution in [2.45, 2.75) is 13.0 Å². The summed E-state index contributed by atoms with van der Waals surface area (Å²) in [5, 5.41) is 9.50. The Kier molecular flexibility index (Phi) is 6.62. The zero-order chi connectivity index (χ0) is 26.8. The molecule has 39 heavy (non-hydrogen) atoms. The molecule has 9 nitrogen and oxygen atoms in total. The normalized spacial score (nSPS) is 16.0. The highest BCUT2D eigenvalue weighted by atomic mass is 16.5. The lowest BCUT2D eigenvalue weighted by molar-refractivity contribution is 0.0964. The third-order valence-electron chi connectivity index (χ3n) is 7.20. The molecule has 2 aromatic carbocycles. The molecule has 9 heteroatoms. The predicted molar refractivity (Wildman–Crippen MR) is 155 cm³/mol. The Bertz CT molecular complexity index is 1490. The van der Waals surface area contributed by atoms with Crippen LogP contribution >= 0.6 is 0 Å². The first-order valence-electron chi connectivity index (χ1n) is 13.1. The summed E-state index contributed by atoms with van der Waals surface area (Å²) in [6.07, 6.45) is 3.66. The number of aromatic nitrogens is 2. The lowest BCUT2D eigenvalue weighted by Crippen LogP contribution is -2.57. The average molecular weight is 522 g/mol. The molecule has 198 valence electrons. The van der Waals surface area contributed by atoms with Crippen LogP contribution in [-0.4, -0.2) is 55.2 Å². The van der Waals surface area contributed by atoms with Crippen LogP contribution in [-0.2, 0) is 0 Å². The number of ether oxygens (including phenoxy) is 1. The smallest absolute Gasteiger partial charge is 0.253 e. The lowest BCUT2D eigenvalue weighted by Gasteiger charge is -2.46. The number of aryl methyl sites for hydroxylation is 1. The van der Waals surface area contributed by atoms with Crippen molar-refractivity contribution in [3.8, 4) is 5.75 Å². The minimum Gasteiger partial charge on any atom is -0.489 e. The molecule has 1 atom stereocenters. The highest BCUT2D eigenvalue weighted by Crippen LogP contribution is 2.38. The molecule has 1 fully saturated rings. The summed E-state index contributed by atoms with van der Waals surface area (Å²) in [5.41, 5.74) is 5.16. The van der Waals surface area contributed by atoms with Gasteiger partial charge in [-0.3, -0.25) is 4.79 Å². The Hall–Kier alpha value is -4.79. The molecule has 0 saturated carbocycles. The van der Waals surface area contributed by atoms with Gasteiger partial charge in [-0.25, -0.2) is 9.97 Å². The van der Waals surface area contributed by atoms with E-state index in [4.69, 9.17) is 4.74 Å². The van der Waals surface area contributed by atoms with Crippen molar-refractivity contribution in [1.82, 2.24) is 15.3 Å². The number of carbonyl (C=O) groups excluding carboxylic acids is 1. The summed E-state index contributed by atoms with van der Waals surface area (Å²) in [7, 11) is 1.63. The van der Waals surface area contributed by atoms with Gasteiger partial charge in [0.2, 0.25) is 0 Å². The lowest BCUT2D eigenvalue weighted by atomic mass is 10.1. The van der Waals surface area contributed by atoms with E-state index in [1.165, 1.54) is 0 Å². The van der Waals surface area contributed by atoms with Crippen molar-refractivity contribution in [1.29, 1.82) is 0 Å². The number of nitrogens with one attached hydrogen (secondary N) is 3. The maximum atomic E-state index is 12.3. The van der Waals surface area contributed by atoms with E-state index in [1.807, 2.05) is 61.8 Å². The van der Waals surface area contributed by atoms with Crippen LogP contribution in [0.4, 0.5) is 34.4 Å². The van der Waals surface area contributed by atoms with Crippen LogP contribution in [0, 0.1) is 6.92 Å². The summed E-state index contributed by atoms with van der Waals surface area (Å²) in [4.78, 5) is 26.2.